The molecular weight excluding hydrogens is 400 g/mol. The van der Waals surface area contributed by atoms with Crippen LogP contribution in [0.2, 0.25) is 0 Å². The molecule has 26 heavy (non-hydrogen) atoms. The summed E-state index contributed by atoms with van der Waals surface area (Å²) < 4.78 is 22.8. The van der Waals surface area contributed by atoms with E-state index in [1.807, 2.05) is 18.2 Å². The van der Waals surface area contributed by atoms with Crippen LogP contribution in [0.5, 0.6) is 11.5 Å². The largest absolute Gasteiger partial charge is 0.497 e. The average molecular weight is 419 g/mol. The summed E-state index contributed by atoms with van der Waals surface area (Å²) in [6.07, 6.45) is 1.81. The van der Waals surface area contributed by atoms with Crippen molar-refractivity contribution in [3.8, 4) is 11.5 Å². The minimum atomic E-state index is -0.303. The summed E-state index contributed by atoms with van der Waals surface area (Å²) in [5, 5.41) is 0.986. The maximum Gasteiger partial charge on any atom is 0.310 e. The number of hydrogen-bond donors (Lipinski definition) is 0. The van der Waals surface area contributed by atoms with E-state index >= 15 is 0 Å². The fourth-order valence-corrected chi connectivity index (χ4v) is 3.01. The predicted octanol–water partition coefficient (Wildman–Crippen LogP) is 4.89. The molecule has 0 bridgehead atoms. The van der Waals surface area contributed by atoms with Gasteiger partial charge in [-0.25, -0.2) is 0 Å². The fourth-order valence-electron chi connectivity index (χ4n) is 2.65. The molecule has 0 aliphatic heterocycles. The molecule has 136 valence electrons. The second-order valence-electron chi connectivity index (χ2n) is 5.65. The summed E-state index contributed by atoms with van der Waals surface area (Å²) >= 11 is 3.47. The number of fused-ring (bicyclic) bond motifs is 1. The van der Waals surface area contributed by atoms with E-state index in [-0.39, 0.29) is 12.4 Å². The van der Waals surface area contributed by atoms with Crippen molar-refractivity contribution in [3.05, 3.63) is 58.3 Å². The van der Waals surface area contributed by atoms with Crippen molar-refractivity contribution in [2.45, 2.75) is 20.0 Å². The van der Waals surface area contributed by atoms with Gasteiger partial charge in [-0.1, -0.05) is 15.9 Å². The highest BCUT2D eigenvalue weighted by molar-refractivity contribution is 9.10. The zero-order chi connectivity index (χ0) is 18.5. The van der Waals surface area contributed by atoms with Gasteiger partial charge < -0.3 is 18.6 Å². The normalized spacial score (nSPS) is 10.7. The molecule has 5 nitrogen and oxygen atoms in total. The van der Waals surface area contributed by atoms with Gasteiger partial charge in [-0.05, 0) is 43.3 Å². The van der Waals surface area contributed by atoms with Crippen LogP contribution in [0, 0.1) is 0 Å². The van der Waals surface area contributed by atoms with Crippen LogP contribution in [0.25, 0.3) is 11.0 Å². The Labute approximate surface area is 160 Å². The first-order valence-electron chi connectivity index (χ1n) is 8.21. The Morgan fingerprint density at radius 2 is 2.00 bits per heavy atom. The van der Waals surface area contributed by atoms with Crippen molar-refractivity contribution >= 4 is 32.9 Å². The molecule has 0 saturated carbocycles. The molecule has 0 aliphatic rings. The number of methoxy groups -OCH3 is 1. The van der Waals surface area contributed by atoms with Crippen LogP contribution in [0.15, 0.2) is 51.6 Å². The molecule has 0 spiro atoms. The number of carbonyl (C=O) groups excluding carboxylic acids is 1. The van der Waals surface area contributed by atoms with Crippen molar-refractivity contribution in [2.75, 3.05) is 13.7 Å². The highest BCUT2D eigenvalue weighted by atomic mass is 79.9. The molecule has 0 aliphatic carbocycles. The van der Waals surface area contributed by atoms with Crippen molar-refractivity contribution < 1.29 is 23.4 Å². The van der Waals surface area contributed by atoms with Crippen molar-refractivity contribution in [3.63, 3.8) is 0 Å². The molecule has 0 N–H and O–H groups in total. The molecule has 1 aromatic heterocycles. The van der Waals surface area contributed by atoms with Gasteiger partial charge >= 0.3 is 5.97 Å². The lowest BCUT2D eigenvalue weighted by Gasteiger charge is -2.12. The quantitative estimate of drug-likeness (QED) is 0.511. The van der Waals surface area contributed by atoms with Gasteiger partial charge in [0.05, 0.1) is 26.4 Å². The number of hydrogen-bond acceptors (Lipinski definition) is 5. The van der Waals surface area contributed by atoms with E-state index in [1.165, 1.54) is 0 Å². The van der Waals surface area contributed by atoms with Gasteiger partial charge in [-0.15, -0.1) is 0 Å². The number of furan rings is 1. The molecule has 0 radical (unpaired) electrons. The maximum atomic E-state index is 11.9. The van der Waals surface area contributed by atoms with E-state index in [2.05, 4.69) is 15.9 Å². The number of ether oxygens (including phenoxy) is 3. The standard InChI is InChI=1S/C20H19BrO5/c1-3-24-20(22)9-13-8-16(23-2)5-7-18(13)25-11-14-12-26-19-6-4-15(21)10-17(14)19/h4-8,10,12H,3,9,11H2,1-2H3. The molecule has 0 saturated heterocycles. The molecule has 3 rings (SSSR count). The van der Waals surface area contributed by atoms with E-state index in [9.17, 15) is 4.79 Å². The lowest BCUT2D eigenvalue weighted by molar-refractivity contribution is -0.142. The average Bonchev–Trinajstić information content (AvgIpc) is 3.03. The predicted molar refractivity (Wildman–Crippen MR) is 102 cm³/mol. The van der Waals surface area contributed by atoms with E-state index in [0.29, 0.717) is 24.7 Å². The van der Waals surface area contributed by atoms with Gasteiger partial charge in [-0.2, -0.15) is 0 Å². The Hall–Kier alpha value is -2.47. The molecule has 0 atom stereocenters. The van der Waals surface area contributed by atoms with Crippen molar-refractivity contribution in [1.29, 1.82) is 0 Å². The molecule has 3 aromatic rings. The van der Waals surface area contributed by atoms with Crippen LogP contribution in [0.3, 0.4) is 0 Å². The monoisotopic (exact) mass is 418 g/mol. The summed E-state index contributed by atoms with van der Waals surface area (Å²) in [6.45, 7) is 2.45. The van der Waals surface area contributed by atoms with Crippen LogP contribution in [0.4, 0.5) is 0 Å². The van der Waals surface area contributed by atoms with Crippen LogP contribution >= 0.6 is 15.9 Å². The third-order valence-electron chi connectivity index (χ3n) is 3.91. The number of benzene rings is 2. The van der Waals surface area contributed by atoms with Crippen LogP contribution in [-0.4, -0.2) is 19.7 Å². The Bertz CT molecular complexity index is 916. The van der Waals surface area contributed by atoms with Gasteiger partial charge in [0.1, 0.15) is 23.7 Å². The molecule has 6 heteroatoms. The first-order valence-corrected chi connectivity index (χ1v) is 9.01. The SMILES string of the molecule is CCOC(=O)Cc1cc(OC)ccc1OCc1coc2ccc(Br)cc12. The van der Waals surface area contributed by atoms with Gasteiger partial charge in [0.2, 0.25) is 0 Å². The fraction of sp³-hybridized carbons (Fsp3) is 0.250. The molecule has 0 unspecified atom stereocenters. The van der Waals surface area contributed by atoms with Crippen LogP contribution in [-0.2, 0) is 22.6 Å². The number of rotatable bonds is 7. The van der Waals surface area contributed by atoms with Gasteiger partial charge in [0.15, 0.2) is 0 Å². The molecule has 2 aromatic carbocycles. The minimum Gasteiger partial charge on any atom is -0.497 e. The summed E-state index contributed by atoms with van der Waals surface area (Å²) in [5.74, 6) is 0.973. The van der Waals surface area contributed by atoms with Gasteiger partial charge in [0.25, 0.3) is 0 Å². The lowest BCUT2D eigenvalue weighted by atomic mass is 10.1. The molecule has 0 fully saturated rings. The zero-order valence-corrected chi connectivity index (χ0v) is 16.2. The first-order chi connectivity index (χ1) is 12.6. The molecule has 0 amide bonds. The Morgan fingerprint density at radius 3 is 2.77 bits per heavy atom. The third kappa shape index (κ3) is 4.19. The Balaban J connectivity index is 1.81. The van der Waals surface area contributed by atoms with Gasteiger partial charge in [-0.3, -0.25) is 4.79 Å². The zero-order valence-electron chi connectivity index (χ0n) is 14.6. The van der Waals surface area contributed by atoms with Crippen molar-refractivity contribution in [2.24, 2.45) is 0 Å². The van der Waals surface area contributed by atoms with Crippen molar-refractivity contribution in [1.82, 2.24) is 0 Å². The second kappa shape index (κ2) is 8.27. The topological polar surface area (TPSA) is 57.9 Å². The summed E-state index contributed by atoms with van der Waals surface area (Å²) in [7, 11) is 1.58. The minimum absolute atomic E-state index is 0.123. The molecule has 1 heterocycles. The second-order valence-corrected chi connectivity index (χ2v) is 6.56. The smallest absolute Gasteiger partial charge is 0.310 e. The van der Waals surface area contributed by atoms with Crippen LogP contribution < -0.4 is 9.47 Å². The van der Waals surface area contributed by atoms with Crippen LogP contribution in [0.1, 0.15) is 18.1 Å². The Morgan fingerprint density at radius 1 is 1.15 bits per heavy atom. The van der Waals surface area contributed by atoms with E-state index in [1.54, 1.807) is 38.5 Å². The van der Waals surface area contributed by atoms with E-state index < -0.39 is 0 Å². The maximum absolute atomic E-state index is 11.9. The third-order valence-corrected chi connectivity index (χ3v) is 4.40. The molecular formula is C20H19BrO5. The van der Waals surface area contributed by atoms with E-state index in [0.717, 1.165) is 26.6 Å². The highest BCUT2D eigenvalue weighted by Gasteiger charge is 2.13. The first kappa shape index (κ1) is 18.3. The Kier molecular flexibility index (Phi) is 5.83. The van der Waals surface area contributed by atoms with E-state index in [4.69, 9.17) is 18.6 Å². The summed E-state index contributed by atoms with van der Waals surface area (Å²) in [5.41, 5.74) is 2.45. The number of carbonyl (C=O) groups is 1. The summed E-state index contributed by atoms with van der Waals surface area (Å²) in [6, 6.07) is 11.2. The summed E-state index contributed by atoms with van der Waals surface area (Å²) in [4.78, 5) is 11.9. The number of halogens is 1. The lowest BCUT2D eigenvalue weighted by Crippen LogP contribution is -2.09. The highest BCUT2D eigenvalue weighted by Crippen LogP contribution is 2.29. The van der Waals surface area contributed by atoms with Gasteiger partial charge in [0, 0.05) is 21.0 Å². The number of esters is 1.